The molecule has 0 saturated carbocycles. The van der Waals surface area contributed by atoms with Crippen molar-refractivity contribution >= 4 is 17.2 Å². The van der Waals surface area contributed by atoms with Crippen molar-refractivity contribution in [3.8, 4) is 10.7 Å². The number of carbonyl (C=O) groups is 1. The number of hydrogen-bond donors (Lipinski definition) is 0. The van der Waals surface area contributed by atoms with E-state index in [0.29, 0.717) is 17.9 Å². The molecule has 0 N–H and O–H groups in total. The molecular formula is C17H16FN3O3S. The Hall–Kier alpha value is -2.74. The van der Waals surface area contributed by atoms with E-state index in [1.165, 1.54) is 28.0 Å². The third kappa shape index (κ3) is 3.85. The Labute approximate surface area is 147 Å². The summed E-state index contributed by atoms with van der Waals surface area (Å²) in [7, 11) is 0. The topological polar surface area (TPSA) is 68.3 Å². The van der Waals surface area contributed by atoms with Gasteiger partial charge in [0.05, 0.1) is 4.88 Å². The van der Waals surface area contributed by atoms with E-state index >= 15 is 0 Å². The minimum absolute atomic E-state index is 0.182. The third-order valence-electron chi connectivity index (χ3n) is 3.72. The second kappa shape index (κ2) is 7.43. The van der Waals surface area contributed by atoms with Crippen LogP contribution in [-0.4, -0.2) is 27.1 Å². The molecule has 0 aliphatic rings. The number of nitrogens with zero attached hydrogens (tertiary/aromatic N) is 3. The Kier molecular flexibility index (Phi) is 5.08. The van der Waals surface area contributed by atoms with E-state index < -0.39 is 5.76 Å². The maximum absolute atomic E-state index is 13.3. The van der Waals surface area contributed by atoms with Crippen LogP contribution in [0.15, 0.2) is 51.1 Å². The number of thiophene rings is 1. The van der Waals surface area contributed by atoms with Crippen molar-refractivity contribution in [2.75, 3.05) is 6.54 Å². The van der Waals surface area contributed by atoms with Gasteiger partial charge in [-0.3, -0.25) is 9.32 Å². The van der Waals surface area contributed by atoms with Crippen LogP contribution >= 0.6 is 11.3 Å². The van der Waals surface area contributed by atoms with Crippen LogP contribution in [0.5, 0.6) is 0 Å². The average molecular weight is 361 g/mol. The summed E-state index contributed by atoms with van der Waals surface area (Å²) in [6, 6.07) is 9.72. The standard InChI is InChI=1S/C17H16FN3O3S/c1-2-20(10-12-5-3-6-13(18)9-12)15(22)11-21-16(19-24-17(21)23)14-7-4-8-25-14/h3-9H,2,10-11H2,1H3. The van der Waals surface area contributed by atoms with Gasteiger partial charge in [-0.25, -0.2) is 13.8 Å². The molecule has 0 atom stereocenters. The highest BCUT2D eigenvalue weighted by Crippen LogP contribution is 2.21. The van der Waals surface area contributed by atoms with Crippen molar-refractivity contribution in [2.24, 2.45) is 0 Å². The van der Waals surface area contributed by atoms with E-state index in [1.54, 1.807) is 23.1 Å². The Bertz CT molecular complexity index is 917. The van der Waals surface area contributed by atoms with Crippen LogP contribution in [0.1, 0.15) is 12.5 Å². The van der Waals surface area contributed by atoms with Crippen molar-refractivity contribution < 1.29 is 13.7 Å². The molecule has 8 heteroatoms. The van der Waals surface area contributed by atoms with Crippen molar-refractivity contribution in [1.82, 2.24) is 14.6 Å². The van der Waals surface area contributed by atoms with Crippen LogP contribution in [0, 0.1) is 5.82 Å². The fourth-order valence-electron chi connectivity index (χ4n) is 2.46. The third-order valence-corrected chi connectivity index (χ3v) is 4.58. The molecule has 0 fully saturated rings. The van der Waals surface area contributed by atoms with Gasteiger partial charge in [0, 0.05) is 13.1 Å². The quantitative estimate of drug-likeness (QED) is 0.677. The number of benzene rings is 1. The molecule has 0 aliphatic heterocycles. The molecule has 0 radical (unpaired) electrons. The van der Waals surface area contributed by atoms with Crippen molar-refractivity contribution in [1.29, 1.82) is 0 Å². The summed E-state index contributed by atoms with van der Waals surface area (Å²) in [6.45, 7) is 2.34. The predicted molar refractivity (Wildman–Crippen MR) is 91.6 cm³/mol. The number of hydrogen-bond acceptors (Lipinski definition) is 5. The molecule has 3 aromatic rings. The SMILES string of the molecule is CCN(Cc1cccc(F)c1)C(=O)Cn1c(-c2cccs2)noc1=O. The predicted octanol–water partition coefficient (Wildman–Crippen LogP) is 2.75. The zero-order valence-electron chi connectivity index (χ0n) is 13.5. The van der Waals surface area contributed by atoms with Gasteiger partial charge in [-0.05, 0) is 36.1 Å². The number of carbonyl (C=O) groups excluding carboxylic acids is 1. The van der Waals surface area contributed by atoms with Gasteiger partial charge in [0.25, 0.3) is 0 Å². The monoisotopic (exact) mass is 361 g/mol. The largest absolute Gasteiger partial charge is 0.442 e. The molecule has 0 unspecified atom stereocenters. The maximum Gasteiger partial charge on any atom is 0.442 e. The minimum Gasteiger partial charge on any atom is -0.337 e. The number of aromatic nitrogens is 2. The summed E-state index contributed by atoms with van der Waals surface area (Å²) in [6.07, 6.45) is 0. The van der Waals surface area contributed by atoms with Gasteiger partial charge < -0.3 is 4.90 Å². The molecule has 3 rings (SSSR count). The van der Waals surface area contributed by atoms with Crippen LogP contribution in [0.2, 0.25) is 0 Å². The van der Waals surface area contributed by atoms with Crippen LogP contribution in [0.25, 0.3) is 10.7 Å². The molecule has 0 aliphatic carbocycles. The summed E-state index contributed by atoms with van der Waals surface area (Å²) in [5.41, 5.74) is 0.686. The highest BCUT2D eigenvalue weighted by molar-refractivity contribution is 7.13. The lowest BCUT2D eigenvalue weighted by Crippen LogP contribution is -2.35. The number of amides is 1. The first kappa shape index (κ1) is 17.1. The lowest BCUT2D eigenvalue weighted by Gasteiger charge is -2.21. The number of likely N-dealkylation sites (N-methyl/N-ethyl adjacent to an activating group) is 1. The zero-order chi connectivity index (χ0) is 17.8. The normalized spacial score (nSPS) is 10.8. The smallest absolute Gasteiger partial charge is 0.337 e. The molecule has 0 saturated heterocycles. The van der Waals surface area contributed by atoms with Crippen LogP contribution in [-0.2, 0) is 17.9 Å². The van der Waals surface area contributed by atoms with Crippen molar-refractivity contribution in [2.45, 2.75) is 20.0 Å². The highest BCUT2D eigenvalue weighted by Gasteiger charge is 2.20. The van der Waals surface area contributed by atoms with Crippen molar-refractivity contribution in [3.05, 3.63) is 63.7 Å². The van der Waals surface area contributed by atoms with E-state index in [0.717, 1.165) is 4.88 Å². The van der Waals surface area contributed by atoms with E-state index in [1.807, 2.05) is 18.4 Å². The summed E-state index contributed by atoms with van der Waals surface area (Å²) < 4.78 is 19.2. The fraction of sp³-hybridized carbons (Fsp3) is 0.235. The van der Waals surface area contributed by atoms with Crippen LogP contribution < -0.4 is 5.76 Å². The first-order chi connectivity index (χ1) is 12.1. The zero-order valence-corrected chi connectivity index (χ0v) is 14.3. The van der Waals surface area contributed by atoms with Crippen LogP contribution in [0.3, 0.4) is 0 Å². The molecule has 2 aromatic heterocycles. The summed E-state index contributed by atoms with van der Waals surface area (Å²) in [4.78, 5) is 26.8. The second-order valence-corrected chi connectivity index (χ2v) is 6.32. The van der Waals surface area contributed by atoms with Gasteiger partial charge in [-0.1, -0.05) is 23.4 Å². The molecule has 0 bridgehead atoms. The molecule has 1 aromatic carbocycles. The van der Waals surface area contributed by atoms with E-state index in [-0.39, 0.29) is 24.8 Å². The fourth-order valence-corrected chi connectivity index (χ4v) is 3.17. The second-order valence-electron chi connectivity index (χ2n) is 5.37. The Morgan fingerprint density at radius 1 is 1.36 bits per heavy atom. The summed E-state index contributed by atoms with van der Waals surface area (Å²) >= 11 is 1.40. The molecule has 6 nitrogen and oxygen atoms in total. The first-order valence-corrected chi connectivity index (χ1v) is 8.59. The van der Waals surface area contributed by atoms with E-state index in [2.05, 4.69) is 5.16 Å². The molecular weight excluding hydrogens is 345 g/mol. The number of rotatable bonds is 6. The van der Waals surface area contributed by atoms with Gasteiger partial charge in [0.2, 0.25) is 5.91 Å². The summed E-state index contributed by atoms with van der Waals surface area (Å²) in [5, 5.41) is 5.61. The highest BCUT2D eigenvalue weighted by atomic mass is 32.1. The van der Waals surface area contributed by atoms with E-state index in [4.69, 9.17) is 4.52 Å². The number of halogens is 1. The maximum atomic E-state index is 13.3. The molecule has 1 amide bonds. The molecule has 25 heavy (non-hydrogen) atoms. The van der Waals surface area contributed by atoms with Gasteiger partial charge in [0.15, 0.2) is 5.82 Å². The lowest BCUT2D eigenvalue weighted by atomic mass is 10.2. The Morgan fingerprint density at radius 2 is 2.20 bits per heavy atom. The van der Waals surface area contributed by atoms with E-state index in [9.17, 15) is 14.0 Å². The van der Waals surface area contributed by atoms with Gasteiger partial charge in [-0.2, -0.15) is 0 Å². The molecule has 0 spiro atoms. The summed E-state index contributed by atoms with van der Waals surface area (Å²) in [5.74, 6) is -0.972. The Balaban J connectivity index is 1.79. The Morgan fingerprint density at radius 3 is 2.88 bits per heavy atom. The molecule has 2 heterocycles. The van der Waals surface area contributed by atoms with Gasteiger partial charge in [0.1, 0.15) is 12.4 Å². The van der Waals surface area contributed by atoms with Crippen molar-refractivity contribution in [3.63, 3.8) is 0 Å². The van der Waals surface area contributed by atoms with Crippen LogP contribution in [0.4, 0.5) is 4.39 Å². The van der Waals surface area contributed by atoms with Gasteiger partial charge >= 0.3 is 5.76 Å². The molecule has 130 valence electrons. The first-order valence-electron chi connectivity index (χ1n) is 7.71. The lowest BCUT2D eigenvalue weighted by molar-refractivity contribution is -0.132. The minimum atomic E-state index is -0.682. The van der Waals surface area contributed by atoms with Gasteiger partial charge in [-0.15, -0.1) is 11.3 Å². The average Bonchev–Trinajstić information content (AvgIpc) is 3.23.